The van der Waals surface area contributed by atoms with Crippen LogP contribution in [0.5, 0.6) is 5.75 Å². The Morgan fingerprint density at radius 2 is 2.13 bits per heavy atom. The molecule has 0 bridgehead atoms. The van der Waals surface area contributed by atoms with E-state index < -0.39 is 10.8 Å². The lowest BCUT2D eigenvalue weighted by Crippen LogP contribution is -2.17. The predicted molar refractivity (Wildman–Crippen MR) is 83.5 cm³/mol. The number of pyridine rings is 1. The van der Waals surface area contributed by atoms with Gasteiger partial charge in [0, 0.05) is 29.6 Å². The molecule has 0 radical (unpaired) electrons. The van der Waals surface area contributed by atoms with Crippen LogP contribution in [0.1, 0.15) is 27.2 Å². The van der Waals surface area contributed by atoms with Gasteiger partial charge in [-0.25, -0.2) is 5.43 Å². The van der Waals surface area contributed by atoms with Gasteiger partial charge in [0.15, 0.2) is 0 Å². The van der Waals surface area contributed by atoms with Crippen LogP contribution in [0.4, 0.5) is 5.69 Å². The number of non-ortho nitro benzene ring substituents is 1. The average molecular weight is 314 g/mol. The standard InChI is InChI=1S/C15H14N4O4/c1-9-5-13(19(22)23)6-12(14(9)20)8-17-18-15(21)11-4-3-10(2)16-7-11/h3-8,20H,1-2H3,(H,18,21)/b17-8-. The minimum atomic E-state index is -0.569. The molecule has 0 aliphatic heterocycles. The minimum absolute atomic E-state index is 0.134. The van der Waals surface area contributed by atoms with Gasteiger partial charge in [0.1, 0.15) is 5.75 Å². The summed E-state index contributed by atoms with van der Waals surface area (Å²) < 4.78 is 0. The van der Waals surface area contributed by atoms with E-state index in [0.717, 1.165) is 11.9 Å². The number of aromatic nitrogens is 1. The summed E-state index contributed by atoms with van der Waals surface area (Å²) in [5.41, 5.74) is 3.69. The van der Waals surface area contributed by atoms with E-state index in [1.807, 2.05) is 0 Å². The molecule has 0 spiro atoms. The van der Waals surface area contributed by atoms with Gasteiger partial charge in [-0.1, -0.05) is 0 Å². The summed E-state index contributed by atoms with van der Waals surface area (Å²) >= 11 is 0. The number of carbonyl (C=O) groups excluding carboxylic acids is 1. The molecule has 1 aromatic heterocycles. The summed E-state index contributed by atoms with van der Waals surface area (Å²) in [6.45, 7) is 3.34. The smallest absolute Gasteiger partial charge is 0.272 e. The second-order valence-electron chi connectivity index (χ2n) is 4.84. The number of hydrazone groups is 1. The third kappa shape index (κ3) is 3.88. The normalized spacial score (nSPS) is 10.7. The molecular weight excluding hydrogens is 300 g/mol. The van der Waals surface area contributed by atoms with Crippen molar-refractivity contribution in [3.63, 3.8) is 0 Å². The Bertz CT molecular complexity index is 785. The molecule has 8 heteroatoms. The van der Waals surface area contributed by atoms with Crippen molar-refractivity contribution in [3.8, 4) is 5.75 Å². The van der Waals surface area contributed by atoms with E-state index in [-0.39, 0.29) is 17.0 Å². The number of hydrogen-bond donors (Lipinski definition) is 2. The zero-order valence-corrected chi connectivity index (χ0v) is 12.5. The highest BCUT2D eigenvalue weighted by Gasteiger charge is 2.12. The molecule has 2 N–H and O–H groups in total. The van der Waals surface area contributed by atoms with Crippen LogP contribution in [0.2, 0.25) is 0 Å². The first-order valence-corrected chi connectivity index (χ1v) is 6.62. The van der Waals surface area contributed by atoms with E-state index in [1.54, 1.807) is 19.1 Å². The SMILES string of the molecule is Cc1ccc(C(=O)N/N=C\c2cc([N+](=O)[O-])cc(C)c2O)cn1. The lowest BCUT2D eigenvalue weighted by Gasteiger charge is -2.03. The van der Waals surface area contributed by atoms with E-state index in [2.05, 4.69) is 15.5 Å². The van der Waals surface area contributed by atoms with Crippen molar-refractivity contribution in [3.05, 3.63) is 63.0 Å². The summed E-state index contributed by atoms with van der Waals surface area (Å²) in [7, 11) is 0. The number of nitro benzene ring substituents is 1. The molecule has 1 amide bonds. The number of nitrogens with zero attached hydrogens (tertiary/aromatic N) is 3. The molecular formula is C15H14N4O4. The molecule has 0 unspecified atom stereocenters. The largest absolute Gasteiger partial charge is 0.507 e. The van der Waals surface area contributed by atoms with Crippen LogP contribution in [0, 0.1) is 24.0 Å². The van der Waals surface area contributed by atoms with Crippen LogP contribution in [0.15, 0.2) is 35.6 Å². The van der Waals surface area contributed by atoms with Crippen LogP contribution in [-0.2, 0) is 0 Å². The molecule has 8 nitrogen and oxygen atoms in total. The second-order valence-corrected chi connectivity index (χ2v) is 4.84. The van der Waals surface area contributed by atoms with E-state index >= 15 is 0 Å². The van der Waals surface area contributed by atoms with Gasteiger partial charge in [0.2, 0.25) is 0 Å². The fourth-order valence-corrected chi connectivity index (χ4v) is 1.82. The van der Waals surface area contributed by atoms with Gasteiger partial charge in [-0.05, 0) is 31.5 Å². The van der Waals surface area contributed by atoms with E-state index in [9.17, 15) is 20.0 Å². The number of phenolic OH excluding ortho intramolecular Hbond substituents is 1. The third-order valence-electron chi connectivity index (χ3n) is 3.07. The van der Waals surface area contributed by atoms with Gasteiger partial charge in [0.25, 0.3) is 11.6 Å². The highest BCUT2D eigenvalue weighted by Crippen LogP contribution is 2.26. The number of rotatable bonds is 4. The Morgan fingerprint density at radius 1 is 1.39 bits per heavy atom. The molecule has 0 aliphatic rings. The average Bonchev–Trinajstić information content (AvgIpc) is 2.51. The van der Waals surface area contributed by atoms with Gasteiger partial charge in [-0.15, -0.1) is 0 Å². The zero-order chi connectivity index (χ0) is 17.0. The summed E-state index contributed by atoms with van der Waals surface area (Å²) in [5.74, 6) is -0.610. The molecule has 0 saturated carbocycles. The lowest BCUT2D eigenvalue weighted by molar-refractivity contribution is -0.384. The highest BCUT2D eigenvalue weighted by atomic mass is 16.6. The van der Waals surface area contributed by atoms with Crippen molar-refractivity contribution in [1.82, 2.24) is 10.4 Å². The lowest BCUT2D eigenvalue weighted by atomic mass is 10.1. The van der Waals surface area contributed by atoms with Gasteiger partial charge in [0.05, 0.1) is 16.7 Å². The van der Waals surface area contributed by atoms with E-state index in [0.29, 0.717) is 11.1 Å². The van der Waals surface area contributed by atoms with Crippen molar-refractivity contribution < 1.29 is 14.8 Å². The second kappa shape index (κ2) is 6.65. The molecule has 0 saturated heterocycles. The van der Waals surface area contributed by atoms with Gasteiger partial charge in [-0.3, -0.25) is 19.9 Å². The Balaban J connectivity index is 2.15. The highest BCUT2D eigenvalue weighted by molar-refractivity contribution is 5.95. The Labute approximate surface area is 131 Å². The number of carbonyl (C=O) groups is 1. The molecule has 2 aromatic rings. The van der Waals surface area contributed by atoms with E-state index in [4.69, 9.17) is 0 Å². The Morgan fingerprint density at radius 3 is 2.74 bits per heavy atom. The van der Waals surface area contributed by atoms with Crippen LogP contribution in [0.3, 0.4) is 0 Å². The number of amides is 1. The molecule has 2 rings (SSSR count). The maximum atomic E-state index is 11.8. The topological polar surface area (TPSA) is 118 Å². The monoisotopic (exact) mass is 314 g/mol. The Hall–Kier alpha value is -3.29. The number of aromatic hydroxyl groups is 1. The predicted octanol–water partition coefficient (Wildman–Crippen LogP) is 2.08. The van der Waals surface area contributed by atoms with Gasteiger partial charge in [-0.2, -0.15) is 5.10 Å². The van der Waals surface area contributed by atoms with E-state index in [1.165, 1.54) is 25.3 Å². The maximum absolute atomic E-state index is 11.8. The number of phenols is 1. The number of nitro groups is 1. The number of aryl methyl sites for hydroxylation is 2. The molecule has 0 atom stereocenters. The van der Waals surface area contributed by atoms with Crippen LogP contribution >= 0.6 is 0 Å². The van der Waals surface area contributed by atoms with Crippen molar-refractivity contribution in [1.29, 1.82) is 0 Å². The first kappa shape index (κ1) is 16.1. The van der Waals surface area contributed by atoms with Crippen LogP contribution in [-0.4, -0.2) is 27.1 Å². The van der Waals surface area contributed by atoms with Crippen LogP contribution in [0.25, 0.3) is 0 Å². The maximum Gasteiger partial charge on any atom is 0.272 e. The summed E-state index contributed by atoms with van der Waals surface area (Å²) in [5, 5.41) is 24.4. The summed E-state index contributed by atoms with van der Waals surface area (Å²) in [6.07, 6.45) is 2.56. The summed E-state index contributed by atoms with van der Waals surface area (Å²) in [6, 6.07) is 5.71. The quantitative estimate of drug-likeness (QED) is 0.509. The molecule has 0 fully saturated rings. The fraction of sp³-hybridized carbons (Fsp3) is 0.133. The first-order chi connectivity index (χ1) is 10.9. The zero-order valence-electron chi connectivity index (χ0n) is 12.5. The number of benzene rings is 1. The summed E-state index contributed by atoms with van der Waals surface area (Å²) in [4.78, 5) is 26.1. The van der Waals surface area contributed by atoms with Gasteiger partial charge >= 0.3 is 0 Å². The van der Waals surface area contributed by atoms with Crippen molar-refractivity contribution in [2.75, 3.05) is 0 Å². The molecule has 23 heavy (non-hydrogen) atoms. The van der Waals surface area contributed by atoms with Crippen molar-refractivity contribution in [2.24, 2.45) is 5.10 Å². The molecule has 118 valence electrons. The molecule has 0 aliphatic carbocycles. The minimum Gasteiger partial charge on any atom is -0.507 e. The van der Waals surface area contributed by atoms with Gasteiger partial charge < -0.3 is 5.11 Å². The third-order valence-corrected chi connectivity index (χ3v) is 3.07. The Kier molecular flexibility index (Phi) is 4.65. The molecule has 1 heterocycles. The van der Waals surface area contributed by atoms with Crippen LogP contribution < -0.4 is 5.43 Å². The molecule has 1 aromatic carbocycles. The number of hydrogen-bond acceptors (Lipinski definition) is 6. The van der Waals surface area contributed by atoms with Crippen molar-refractivity contribution in [2.45, 2.75) is 13.8 Å². The van der Waals surface area contributed by atoms with Crippen molar-refractivity contribution >= 4 is 17.8 Å². The fourth-order valence-electron chi connectivity index (χ4n) is 1.82. The first-order valence-electron chi connectivity index (χ1n) is 6.62. The number of nitrogens with one attached hydrogen (secondary N) is 1.